The molecule has 0 radical (unpaired) electrons. The van der Waals surface area contributed by atoms with Crippen LogP contribution in [-0.2, 0) is 4.74 Å². The number of ether oxygens (including phenoxy) is 1. The molecule has 0 saturated heterocycles. The van der Waals surface area contributed by atoms with Gasteiger partial charge >= 0.3 is 0 Å². The van der Waals surface area contributed by atoms with Crippen molar-refractivity contribution in [3.8, 4) is 0 Å². The van der Waals surface area contributed by atoms with Gasteiger partial charge in [0.1, 0.15) is 0 Å². The first-order valence-corrected chi connectivity index (χ1v) is 7.58. The number of hydrogen-bond acceptors (Lipinski definition) is 2. The predicted molar refractivity (Wildman–Crippen MR) is 80.5 cm³/mol. The van der Waals surface area contributed by atoms with E-state index < -0.39 is 0 Å². The molecule has 106 valence electrons. The van der Waals surface area contributed by atoms with E-state index in [4.69, 9.17) is 4.74 Å². The van der Waals surface area contributed by atoms with Crippen LogP contribution >= 0.6 is 0 Å². The van der Waals surface area contributed by atoms with Crippen LogP contribution in [-0.4, -0.2) is 26.3 Å². The van der Waals surface area contributed by atoms with Gasteiger partial charge in [0.15, 0.2) is 0 Å². The molecular formula is C17H27NO. The molecule has 1 saturated carbocycles. The van der Waals surface area contributed by atoms with Gasteiger partial charge in [0.2, 0.25) is 0 Å². The van der Waals surface area contributed by atoms with E-state index >= 15 is 0 Å². The Labute approximate surface area is 117 Å². The first-order chi connectivity index (χ1) is 9.31. The Bertz CT molecular complexity index is 352. The maximum Gasteiger partial charge on any atom is 0.0499 e. The first-order valence-electron chi connectivity index (χ1n) is 7.58. The minimum Gasteiger partial charge on any atom is -0.384 e. The second kappa shape index (κ2) is 7.66. The van der Waals surface area contributed by atoms with Crippen LogP contribution in [0, 0.1) is 5.92 Å². The normalized spacial score (nSPS) is 25.2. The lowest BCUT2D eigenvalue weighted by molar-refractivity contribution is 0.154. The molecule has 2 heteroatoms. The summed E-state index contributed by atoms with van der Waals surface area (Å²) in [5.41, 5.74) is 1.50. The highest BCUT2D eigenvalue weighted by Crippen LogP contribution is 2.32. The van der Waals surface area contributed by atoms with E-state index in [0.29, 0.717) is 17.9 Å². The average Bonchev–Trinajstić information content (AvgIpc) is 2.47. The van der Waals surface area contributed by atoms with E-state index in [1.54, 1.807) is 7.11 Å². The van der Waals surface area contributed by atoms with Crippen molar-refractivity contribution >= 4 is 0 Å². The zero-order chi connectivity index (χ0) is 13.5. The number of rotatable bonds is 6. The Morgan fingerprint density at radius 2 is 1.95 bits per heavy atom. The fraction of sp³-hybridized carbons (Fsp3) is 0.647. The average molecular weight is 261 g/mol. The number of nitrogens with one attached hydrogen (secondary N) is 1. The van der Waals surface area contributed by atoms with Gasteiger partial charge < -0.3 is 10.1 Å². The Kier molecular flexibility index (Phi) is 5.87. The molecule has 1 aromatic carbocycles. The quantitative estimate of drug-likeness (QED) is 0.845. The van der Waals surface area contributed by atoms with E-state index in [-0.39, 0.29) is 0 Å². The Morgan fingerprint density at radius 1 is 1.21 bits per heavy atom. The second-order valence-corrected chi connectivity index (χ2v) is 5.88. The molecule has 2 nitrogen and oxygen atoms in total. The zero-order valence-electron chi connectivity index (χ0n) is 12.3. The molecule has 19 heavy (non-hydrogen) atoms. The van der Waals surface area contributed by atoms with Crippen LogP contribution in [0.5, 0.6) is 0 Å². The Morgan fingerprint density at radius 3 is 2.68 bits per heavy atom. The van der Waals surface area contributed by atoms with Crippen LogP contribution in [0.3, 0.4) is 0 Å². The maximum absolute atomic E-state index is 5.21. The van der Waals surface area contributed by atoms with Crippen LogP contribution in [0.1, 0.15) is 44.1 Å². The van der Waals surface area contributed by atoms with Crippen LogP contribution in [0.4, 0.5) is 0 Å². The third kappa shape index (κ3) is 4.32. The Hall–Kier alpha value is -0.860. The van der Waals surface area contributed by atoms with Crippen molar-refractivity contribution in [2.75, 3.05) is 20.3 Å². The van der Waals surface area contributed by atoms with E-state index in [9.17, 15) is 0 Å². The van der Waals surface area contributed by atoms with Crippen LogP contribution in [0.25, 0.3) is 0 Å². The molecule has 1 aromatic rings. The molecule has 1 aliphatic rings. The molecular weight excluding hydrogens is 234 g/mol. The summed E-state index contributed by atoms with van der Waals surface area (Å²) in [5, 5.41) is 3.77. The fourth-order valence-corrected chi connectivity index (χ4v) is 3.17. The van der Waals surface area contributed by atoms with Gasteiger partial charge in [-0.2, -0.15) is 0 Å². The van der Waals surface area contributed by atoms with E-state index in [1.807, 2.05) is 0 Å². The Balaban J connectivity index is 1.93. The molecule has 3 unspecified atom stereocenters. The molecule has 0 amide bonds. The monoisotopic (exact) mass is 261 g/mol. The van der Waals surface area contributed by atoms with E-state index in [0.717, 1.165) is 13.2 Å². The summed E-state index contributed by atoms with van der Waals surface area (Å²) in [7, 11) is 1.78. The van der Waals surface area contributed by atoms with Crippen molar-refractivity contribution in [3.63, 3.8) is 0 Å². The van der Waals surface area contributed by atoms with Gasteiger partial charge in [-0.15, -0.1) is 0 Å². The zero-order valence-corrected chi connectivity index (χ0v) is 12.3. The lowest BCUT2D eigenvalue weighted by Crippen LogP contribution is -2.40. The van der Waals surface area contributed by atoms with Crippen LogP contribution in [0.2, 0.25) is 0 Å². The van der Waals surface area contributed by atoms with Gasteiger partial charge in [-0.3, -0.25) is 0 Å². The largest absolute Gasteiger partial charge is 0.384 e. The van der Waals surface area contributed by atoms with Crippen LogP contribution in [0.15, 0.2) is 30.3 Å². The van der Waals surface area contributed by atoms with Crippen molar-refractivity contribution in [3.05, 3.63) is 35.9 Å². The molecule has 1 fully saturated rings. The minimum absolute atomic E-state index is 0.586. The summed E-state index contributed by atoms with van der Waals surface area (Å²) < 4.78 is 5.21. The summed E-state index contributed by atoms with van der Waals surface area (Å²) in [5.74, 6) is 1.27. The van der Waals surface area contributed by atoms with Crippen molar-refractivity contribution in [1.29, 1.82) is 0 Å². The van der Waals surface area contributed by atoms with E-state index in [1.165, 1.54) is 31.2 Å². The SMILES string of the molecule is COCC(C)CNC1CCCCC1c1ccccc1. The summed E-state index contributed by atoms with van der Waals surface area (Å²) in [4.78, 5) is 0. The molecule has 0 aliphatic heterocycles. The van der Waals surface area contributed by atoms with Gasteiger partial charge in [0.05, 0.1) is 0 Å². The molecule has 0 aromatic heterocycles. The van der Waals surface area contributed by atoms with Crippen molar-refractivity contribution in [1.82, 2.24) is 5.32 Å². The molecule has 1 N–H and O–H groups in total. The van der Waals surface area contributed by atoms with Gasteiger partial charge in [0.25, 0.3) is 0 Å². The van der Waals surface area contributed by atoms with Crippen molar-refractivity contribution in [2.45, 2.75) is 44.6 Å². The third-order valence-corrected chi connectivity index (χ3v) is 4.17. The van der Waals surface area contributed by atoms with Crippen molar-refractivity contribution < 1.29 is 4.74 Å². The highest BCUT2D eigenvalue weighted by Gasteiger charge is 2.26. The lowest BCUT2D eigenvalue weighted by Gasteiger charge is -2.33. The molecule has 0 heterocycles. The standard InChI is InChI=1S/C17H27NO/c1-14(13-19-2)12-18-17-11-7-6-10-16(17)15-8-4-3-5-9-15/h3-5,8-9,14,16-18H,6-7,10-13H2,1-2H3. The van der Waals surface area contributed by atoms with Crippen LogP contribution < -0.4 is 5.32 Å². The maximum atomic E-state index is 5.21. The molecule has 0 bridgehead atoms. The highest BCUT2D eigenvalue weighted by atomic mass is 16.5. The highest BCUT2D eigenvalue weighted by molar-refractivity contribution is 5.21. The van der Waals surface area contributed by atoms with Crippen molar-refractivity contribution in [2.24, 2.45) is 5.92 Å². The smallest absolute Gasteiger partial charge is 0.0499 e. The summed E-state index contributed by atoms with van der Waals surface area (Å²) in [6.07, 6.45) is 5.35. The summed E-state index contributed by atoms with van der Waals surface area (Å²) in [6, 6.07) is 11.6. The van der Waals surface area contributed by atoms with Gasteiger partial charge in [0, 0.05) is 26.3 Å². The molecule has 3 atom stereocenters. The fourth-order valence-electron chi connectivity index (χ4n) is 3.17. The second-order valence-electron chi connectivity index (χ2n) is 5.88. The van der Waals surface area contributed by atoms with Gasteiger partial charge in [-0.05, 0) is 30.2 Å². The molecule has 1 aliphatic carbocycles. The predicted octanol–water partition coefficient (Wildman–Crippen LogP) is 3.58. The van der Waals surface area contributed by atoms with E-state index in [2.05, 4.69) is 42.6 Å². The first kappa shape index (κ1) is 14.5. The summed E-state index contributed by atoms with van der Waals surface area (Å²) >= 11 is 0. The summed E-state index contributed by atoms with van der Waals surface area (Å²) in [6.45, 7) is 4.15. The molecule has 2 rings (SSSR count). The number of methoxy groups -OCH3 is 1. The number of hydrogen-bond donors (Lipinski definition) is 1. The van der Waals surface area contributed by atoms with Gasteiger partial charge in [-0.25, -0.2) is 0 Å². The topological polar surface area (TPSA) is 21.3 Å². The molecule has 0 spiro atoms. The third-order valence-electron chi connectivity index (χ3n) is 4.17. The number of benzene rings is 1. The minimum atomic E-state index is 0.586. The van der Waals surface area contributed by atoms with Gasteiger partial charge in [-0.1, -0.05) is 50.1 Å². The lowest BCUT2D eigenvalue weighted by atomic mass is 9.80.